The Kier molecular flexibility index (Phi) is 3.47. The Morgan fingerprint density at radius 2 is 2.29 bits per heavy atom. The molecule has 1 aliphatic heterocycles. The smallest absolute Gasteiger partial charge is 0.326 e. The number of rotatable bonds is 3. The molecule has 0 saturated carbocycles. The molecule has 0 fully saturated rings. The summed E-state index contributed by atoms with van der Waals surface area (Å²) in [6, 6.07) is 5.59. The standard InChI is InChI=1S/C12H12BrNO3/c1-2-17-12(16)7-14-10-4-3-9(13)5-8(10)6-11(14)15/h3-5H,2,6-7H2,1H3. The van der Waals surface area contributed by atoms with Gasteiger partial charge in [0, 0.05) is 10.2 Å². The normalized spacial score (nSPS) is 13.8. The van der Waals surface area contributed by atoms with Crippen LogP contribution in [0.2, 0.25) is 0 Å². The number of nitrogens with zero attached hydrogens (tertiary/aromatic N) is 1. The molecular weight excluding hydrogens is 286 g/mol. The highest BCUT2D eigenvalue weighted by Crippen LogP contribution is 2.30. The van der Waals surface area contributed by atoms with E-state index in [1.165, 1.54) is 4.90 Å². The van der Waals surface area contributed by atoms with Crippen molar-refractivity contribution in [3.63, 3.8) is 0 Å². The van der Waals surface area contributed by atoms with Gasteiger partial charge in [0.25, 0.3) is 0 Å². The number of esters is 1. The molecule has 0 N–H and O–H groups in total. The minimum atomic E-state index is -0.378. The van der Waals surface area contributed by atoms with Crippen molar-refractivity contribution in [3.05, 3.63) is 28.2 Å². The molecule has 1 aromatic rings. The predicted molar refractivity (Wildman–Crippen MR) is 66.8 cm³/mol. The summed E-state index contributed by atoms with van der Waals surface area (Å²) in [5.74, 6) is -0.442. The molecule has 4 nitrogen and oxygen atoms in total. The number of hydrogen-bond acceptors (Lipinski definition) is 3. The number of benzene rings is 1. The molecule has 1 heterocycles. The fourth-order valence-corrected chi connectivity index (χ4v) is 2.27. The Morgan fingerprint density at radius 1 is 1.53 bits per heavy atom. The van der Waals surface area contributed by atoms with Crippen LogP contribution in [0, 0.1) is 0 Å². The second-order valence-electron chi connectivity index (χ2n) is 3.73. The fourth-order valence-electron chi connectivity index (χ4n) is 1.86. The van der Waals surface area contributed by atoms with Crippen LogP contribution in [-0.2, 0) is 20.7 Å². The van der Waals surface area contributed by atoms with E-state index in [2.05, 4.69) is 15.9 Å². The zero-order chi connectivity index (χ0) is 12.4. The van der Waals surface area contributed by atoms with E-state index in [9.17, 15) is 9.59 Å². The molecule has 0 unspecified atom stereocenters. The Morgan fingerprint density at radius 3 is 3.00 bits per heavy atom. The molecule has 1 aromatic carbocycles. The van der Waals surface area contributed by atoms with E-state index < -0.39 is 0 Å². The van der Waals surface area contributed by atoms with Crippen molar-refractivity contribution in [1.29, 1.82) is 0 Å². The second-order valence-corrected chi connectivity index (χ2v) is 4.65. The van der Waals surface area contributed by atoms with Crippen LogP contribution in [0.5, 0.6) is 0 Å². The molecule has 90 valence electrons. The third-order valence-corrected chi connectivity index (χ3v) is 3.06. The van der Waals surface area contributed by atoms with E-state index in [0.717, 1.165) is 15.7 Å². The number of ether oxygens (including phenoxy) is 1. The lowest BCUT2D eigenvalue weighted by Crippen LogP contribution is -2.33. The molecule has 2 rings (SSSR count). The third kappa shape index (κ3) is 2.49. The number of fused-ring (bicyclic) bond motifs is 1. The lowest BCUT2D eigenvalue weighted by molar-refractivity contribution is -0.142. The highest BCUT2D eigenvalue weighted by molar-refractivity contribution is 9.10. The molecule has 0 radical (unpaired) electrons. The summed E-state index contributed by atoms with van der Waals surface area (Å²) in [6.45, 7) is 2.06. The van der Waals surface area contributed by atoms with Gasteiger partial charge in [0.1, 0.15) is 6.54 Å². The minimum Gasteiger partial charge on any atom is -0.465 e. The number of halogens is 1. The number of carbonyl (C=O) groups excluding carboxylic acids is 2. The van der Waals surface area contributed by atoms with E-state index in [0.29, 0.717) is 13.0 Å². The molecule has 5 heteroatoms. The van der Waals surface area contributed by atoms with Gasteiger partial charge in [-0.3, -0.25) is 9.59 Å². The van der Waals surface area contributed by atoms with Crippen molar-refractivity contribution < 1.29 is 14.3 Å². The van der Waals surface area contributed by atoms with E-state index in [4.69, 9.17) is 4.74 Å². The molecule has 0 spiro atoms. The van der Waals surface area contributed by atoms with Crippen LogP contribution in [0.1, 0.15) is 12.5 Å². The average Bonchev–Trinajstić information content (AvgIpc) is 2.55. The monoisotopic (exact) mass is 297 g/mol. The first kappa shape index (κ1) is 12.1. The van der Waals surface area contributed by atoms with Crippen LogP contribution >= 0.6 is 15.9 Å². The minimum absolute atomic E-state index is 0.0126. The van der Waals surface area contributed by atoms with Gasteiger partial charge < -0.3 is 9.64 Å². The van der Waals surface area contributed by atoms with Gasteiger partial charge in [-0.05, 0) is 30.7 Å². The Hall–Kier alpha value is -1.36. The first-order valence-electron chi connectivity index (χ1n) is 5.36. The lowest BCUT2D eigenvalue weighted by atomic mass is 10.2. The Balaban J connectivity index is 2.20. The summed E-state index contributed by atoms with van der Waals surface area (Å²) < 4.78 is 5.78. The number of carbonyl (C=O) groups is 2. The summed E-state index contributed by atoms with van der Waals surface area (Å²) in [7, 11) is 0. The molecule has 1 aliphatic rings. The first-order valence-corrected chi connectivity index (χ1v) is 6.15. The van der Waals surface area contributed by atoms with Crippen LogP contribution in [0.25, 0.3) is 0 Å². The van der Waals surface area contributed by atoms with Crippen LogP contribution in [0.3, 0.4) is 0 Å². The van der Waals surface area contributed by atoms with Gasteiger partial charge in [0.15, 0.2) is 0 Å². The van der Waals surface area contributed by atoms with Gasteiger partial charge in [-0.1, -0.05) is 15.9 Å². The third-order valence-electron chi connectivity index (χ3n) is 2.57. The topological polar surface area (TPSA) is 46.6 Å². The molecule has 0 aliphatic carbocycles. The predicted octanol–water partition coefficient (Wildman–Crippen LogP) is 1.90. The maximum absolute atomic E-state index is 11.8. The average molecular weight is 298 g/mol. The molecule has 0 aromatic heterocycles. The number of anilines is 1. The van der Waals surface area contributed by atoms with Crippen LogP contribution in [0.4, 0.5) is 5.69 Å². The largest absolute Gasteiger partial charge is 0.465 e. The quantitative estimate of drug-likeness (QED) is 0.801. The molecular formula is C12H12BrNO3. The molecule has 0 bridgehead atoms. The van der Waals surface area contributed by atoms with Crippen molar-refractivity contribution in [2.24, 2.45) is 0 Å². The first-order chi connectivity index (χ1) is 8.11. The lowest BCUT2D eigenvalue weighted by Gasteiger charge is -2.16. The van der Waals surface area contributed by atoms with Gasteiger partial charge in [-0.2, -0.15) is 0 Å². The van der Waals surface area contributed by atoms with Gasteiger partial charge in [-0.15, -0.1) is 0 Å². The summed E-state index contributed by atoms with van der Waals surface area (Å²) >= 11 is 3.36. The zero-order valence-electron chi connectivity index (χ0n) is 9.40. The molecule has 1 amide bonds. The summed E-state index contributed by atoms with van der Waals surface area (Å²) in [5.41, 5.74) is 1.74. The van der Waals surface area contributed by atoms with Gasteiger partial charge in [0.2, 0.25) is 5.91 Å². The Labute approximate surface area is 108 Å². The van der Waals surface area contributed by atoms with E-state index >= 15 is 0 Å². The van der Waals surface area contributed by atoms with Gasteiger partial charge in [0.05, 0.1) is 13.0 Å². The SMILES string of the molecule is CCOC(=O)CN1C(=O)Cc2cc(Br)ccc21. The van der Waals surface area contributed by atoms with E-state index in [1.807, 2.05) is 18.2 Å². The highest BCUT2D eigenvalue weighted by Gasteiger charge is 2.29. The van der Waals surface area contributed by atoms with Crippen molar-refractivity contribution in [2.75, 3.05) is 18.1 Å². The summed E-state index contributed by atoms with van der Waals surface area (Å²) in [5, 5.41) is 0. The number of amides is 1. The van der Waals surface area contributed by atoms with Crippen LogP contribution in [0.15, 0.2) is 22.7 Å². The zero-order valence-corrected chi connectivity index (χ0v) is 11.0. The maximum atomic E-state index is 11.8. The Bertz CT molecular complexity index is 473. The van der Waals surface area contributed by atoms with E-state index in [-0.39, 0.29) is 18.4 Å². The maximum Gasteiger partial charge on any atom is 0.326 e. The van der Waals surface area contributed by atoms with Gasteiger partial charge in [-0.25, -0.2) is 0 Å². The van der Waals surface area contributed by atoms with Crippen LogP contribution < -0.4 is 4.90 Å². The number of hydrogen-bond donors (Lipinski definition) is 0. The van der Waals surface area contributed by atoms with E-state index in [1.54, 1.807) is 6.92 Å². The molecule has 0 atom stereocenters. The van der Waals surface area contributed by atoms with Crippen molar-refractivity contribution >= 4 is 33.5 Å². The highest BCUT2D eigenvalue weighted by atomic mass is 79.9. The van der Waals surface area contributed by atoms with Gasteiger partial charge >= 0.3 is 5.97 Å². The van der Waals surface area contributed by atoms with Crippen molar-refractivity contribution in [2.45, 2.75) is 13.3 Å². The second kappa shape index (κ2) is 4.87. The molecule has 0 saturated heterocycles. The van der Waals surface area contributed by atoms with Crippen LogP contribution in [-0.4, -0.2) is 25.0 Å². The fraction of sp³-hybridized carbons (Fsp3) is 0.333. The molecule has 17 heavy (non-hydrogen) atoms. The van der Waals surface area contributed by atoms with Crippen molar-refractivity contribution in [3.8, 4) is 0 Å². The van der Waals surface area contributed by atoms with Crippen molar-refractivity contribution in [1.82, 2.24) is 0 Å². The summed E-state index contributed by atoms with van der Waals surface area (Å²) in [4.78, 5) is 24.7. The summed E-state index contributed by atoms with van der Waals surface area (Å²) in [6.07, 6.45) is 0.341.